The summed E-state index contributed by atoms with van der Waals surface area (Å²) in [6, 6.07) is 7.50. The van der Waals surface area contributed by atoms with Crippen molar-refractivity contribution in [3.05, 3.63) is 34.9 Å². The highest BCUT2D eigenvalue weighted by Gasteiger charge is 2.17. The van der Waals surface area contributed by atoms with E-state index in [1.165, 1.54) is 0 Å². The number of halogens is 1. The summed E-state index contributed by atoms with van der Waals surface area (Å²) in [5.41, 5.74) is 6.87. The van der Waals surface area contributed by atoms with Gasteiger partial charge in [0.25, 0.3) is 0 Å². The fraction of sp³-hybridized carbons (Fsp3) is 0.600. The number of benzene rings is 1. The maximum Gasteiger partial charge on any atom is 0.0974 e. The third-order valence-electron chi connectivity index (χ3n) is 2.59. The Morgan fingerprint density at radius 3 is 2.21 bits per heavy atom. The van der Waals surface area contributed by atoms with Gasteiger partial charge in [-0.3, -0.25) is 0 Å². The maximum absolute atomic E-state index is 5.98. The van der Waals surface area contributed by atoms with E-state index in [-0.39, 0.29) is 17.7 Å². The lowest BCUT2D eigenvalue weighted by Crippen LogP contribution is -2.29. The molecule has 0 saturated heterocycles. The molecule has 2 N–H and O–H groups in total. The Kier molecular flexibility index (Phi) is 6.27. The number of rotatable bonds is 6. The second kappa shape index (κ2) is 7.25. The minimum Gasteiger partial charge on any atom is -0.373 e. The smallest absolute Gasteiger partial charge is 0.0974 e. The summed E-state index contributed by atoms with van der Waals surface area (Å²) in [7, 11) is 0. The lowest BCUT2D eigenvalue weighted by Gasteiger charge is -2.24. The maximum atomic E-state index is 5.98. The quantitative estimate of drug-likeness (QED) is 0.813. The van der Waals surface area contributed by atoms with Crippen molar-refractivity contribution in [3.8, 4) is 0 Å². The Morgan fingerprint density at radius 1 is 1.16 bits per heavy atom. The zero-order valence-corrected chi connectivity index (χ0v) is 12.9. The van der Waals surface area contributed by atoms with Crippen LogP contribution in [0.5, 0.6) is 0 Å². The second-order valence-corrected chi connectivity index (χ2v) is 6.10. The van der Waals surface area contributed by atoms with Crippen LogP contribution in [0.25, 0.3) is 0 Å². The predicted molar refractivity (Wildman–Crippen MR) is 79.5 cm³/mol. The minimum atomic E-state index is -0.145. The largest absolute Gasteiger partial charge is 0.373 e. The van der Waals surface area contributed by atoms with Gasteiger partial charge in [0.1, 0.15) is 0 Å². The normalized spacial score (nSPS) is 15.3. The highest BCUT2D eigenvalue weighted by Crippen LogP contribution is 2.22. The van der Waals surface area contributed by atoms with E-state index in [2.05, 4.69) is 0 Å². The molecule has 2 unspecified atom stereocenters. The fourth-order valence-corrected chi connectivity index (χ4v) is 1.85. The van der Waals surface area contributed by atoms with E-state index in [0.29, 0.717) is 18.2 Å². The van der Waals surface area contributed by atoms with Gasteiger partial charge in [-0.25, -0.2) is 0 Å². The molecule has 108 valence electrons. The van der Waals surface area contributed by atoms with E-state index in [0.717, 1.165) is 5.56 Å². The Morgan fingerprint density at radius 2 is 1.74 bits per heavy atom. The van der Waals surface area contributed by atoms with Crippen molar-refractivity contribution in [2.24, 2.45) is 5.73 Å². The van der Waals surface area contributed by atoms with Gasteiger partial charge in [-0.1, -0.05) is 23.7 Å². The van der Waals surface area contributed by atoms with Gasteiger partial charge in [0.15, 0.2) is 0 Å². The molecule has 0 aliphatic heterocycles. The molecule has 0 aliphatic rings. The van der Waals surface area contributed by atoms with Crippen molar-refractivity contribution >= 4 is 11.6 Å². The predicted octanol–water partition coefficient (Wildman–Crippen LogP) is 3.56. The molecule has 0 bridgehead atoms. The summed E-state index contributed by atoms with van der Waals surface area (Å²) < 4.78 is 11.5. The fourth-order valence-electron chi connectivity index (χ4n) is 1.73. The summed E-state index contributed by atoms with van der Waals surface area (Å²) in [6.07, 6.45) is -0.138. The lowest BCUT2D eigenvalue weighted by molar-refractivity contribution is -0.0558. The second-order valence-electron chi connectivity index (χ2n) is 5.66. The van der Waals surface area contributed by atoms with Gasteiger partial charge >= 0.3 is 0 Å². The highest BCUT2D eigenvalue weighted by atomic mass is 35.5. The summed E-state index contributed by atoms with van der Waals surface area (Å²) in [6.45, 7) is 9.08. The topological polar surface area (TPSA) is 44.5 Å². The van der Waals surface area contributed by atoms with Gasteiger partial charge in [0, 0.05) is 11.1 Å². The zero-order chi connectivity index (χ0) is 14.5. The summed E-state index contributed by atoms with van der Waals surface area (Å²) in [4.78, 5) is 0. The first-order chi connectivity index (χ1) is 8.79. The molecule has 0 spiro atoms. The number of nitrogens with two attached hydrogens (primary N) is 1. The average Bonchev–Trinajstić information content (AvgIpc) is 2.29. The number of ether oxygens (including phenoxy) is 2. The lowest BCUT2D eigenvalue weighted by atomic mass is 10.0. The average molecular weight is 286 g/mol. The van der Waals surface area contributed by atoms with Gasteiger partial charge in [-0.15, -0.1) is 0 Å². The van der Waals surface area contributed by atoms with Crippen LogP contribution in [0.4, 0.5) is 0 Å². The summed E-state index contributed by atoms with van der Waals surface area (Å²) >= 11 is 5.88. The highest BCUT2D eigenvalue weighted by molar-refractivity contribution is 6.30. The van der Waals surface area contributed by atoms with Gasteiger partial charge in [-0.2, -0.15) is 0 Å². The molecule has 19 heavy (non-hydrogen) atoms. The number of hydrogen-bond donors (Lipinski definition) is 1. The standard InChI is InChI=1S/C15H24ClNO2/c1-11(17)14(12-5-7-13(16)8-6-12)18-9-10-19-15(2,3)4/h5-8,11,14H,9-10,17H2,1-4H3. The van der Waals surface area contributed by atoms with Crippen molar-refractivity contribution in [3.63, 3.8) is 0 Å². The van der Waals surface area contributed by atoms with Crippen LogP contribution in [0.2, 0.25) is 5.02 Å². The molecule has 0 amide bonds. The third-order valence-corrected chi connectivity index (χ3v) is 2.84. The van der Waals surface area contributed by atoms with Crippen molar-refractivity contribution < 1.29 is 9.47 Å². The van der Waals surface area contributed by atoms with E-state index in [1.54, 1.807) is 0 Å². The molecule has 1 aromatic rings. The molecule has 3 nitrogen and oxygen atoms in total. The molecule has 1 rings (SSSR count). The van der Waals surface area contributed by atoms with E-state index in [1.807, 2.05) is 52.0 Å². The minimum absolute atomic E-state index is 0.0872. The van der Waals surface area contributed by atoms with Crippen LogP contribution in [0.1, 0.15) is 39.4 Å². The monoisotopic (exact) mass is 285 g/mol. The van der Waals surface area contributed by atoms with E-state index >= 15 is 0 Å². The van der Waals surface area contributed by atoms with Gasteiger partial charge in [0.2, 0.25) is 0 Å². The zero-order valence-electron chi connectivity index (χ0n) is 12.2. The van der Waals surface area contributed by atoms with Gasteiger partial charge in [-0.05, 0) is 45.4 Å². The van der Waals surface area contributed by atoms with Crippen LogP contribution in [0, 0.1) is 0 Å². The van der Waals surface area contributed by atoms with Crippen LogP contribution in [0.3, 0.4) is 0 Å². The summed E-state index contributed by atoms with van der Waals surface area (Å²) in [5.74, 6) is 0. The van der Waals surface area contributed by atoms with E-state index in [4.69, 9.17) is 26.8 Å². The molecule has 1 aromatic carbocycles. The van der Waals surface area contributed by atoms with Crippen LogP contribution in [-0.4, -0.2) is 24.9 Å². The van der Waals surface area contributed by atoms with Crippen molar-refractivity contribution in [2.75, 3.05) is 13.2 Å². The molecular formula is C15H24ClNO2. The van der Waals surface area contributed by atoms with Gasteiger partial charge in [0.05, 0.1) is 24.9 Å². The molecule has 2 atom stereocenters. The molecule has 0 aliphatic carbocycles. The van der Waals surface area contributed by atoms with Crippen molar-refractivity contribution in [2.45, 2.75) is 45.4 Å². The van der Waals surface area contributed by atoms with Crippen LogP contribution in [0.15, 0.2) is 24.3 Å². The van der Waals surface area contributed by atoms with Crippen molar-refractivity contribution in [1.29, 1.82) is 0 Å². The SMILES string of the molecule is CC(N)C(OCCOC(C)(C)C)c1ccc(Cl)cc1. The molecule has 0 radical (unpaired) electrons. The first-order valence-electron chi connectivity index (χ1n) is 6.56. The Balaban J connectivity index is 2.52. The first-order valence-corrected chi connectivity index (χ1v) is 6.94. The molecule has 0 saturated carbocycles. The molecular weight excluding hydrogens is 262 g/mol. The van der Waals surface area contributed by atoms with E-state index in [9.17, 15) is 0 Å². The van der Waals surface area contributed by atoms with Crippen LogP contribution in [-0.2, 0) is 9.47 Å². The third kappa shape index (κ3) is 6.39. The van der Waals surface area contributed by atoms with E-state index < -0.39 is 0 Å². The Hall–Kier alpha value is -0.610. The molecule has 4 heteroatoms. The molecule has 0 heterocycles. The molecule has 0 aromatic heterocycles. The summed E-state index contributed by atoms with van der Waals surface area (Å²) in [5, 5.41) is 0.711. The van der Waals surface area contributed by atoms with Gasteiger partial charge < -0.3 is 15.2 Å². The Bertz CT molecular complexity index is 371. The molecule has 0 fully saturated rings. The number of hydrogen-bond acceptors (Lipinski definition) is 3. The van der Waals surface area contributed by atoms with Crippen molar-refractivity contribution in [1.82, 2.24) is 0 Å². The Labute approximate surface area is 121 Å². The van der Waals surface area contributed by atoms with Crippen LogP contribution >= 0.6 is 11.6 Å². The first kappa shape index (κ1) is 16.4. The van der Waals surface area contributed by atoms with Crippen LogP contribution < -0.4 is 5.73 Å².